The summed E-state index contributed by atoms with van der Waals surface area (Å²) in [7, 11) is -3.12. The maximum Gasteiger partial charge on any atom is 0.178 e. The Labute approximate surface area is 102 Å². The van der Waals surface area contributed by atoms with Crippen LogP contribution in [0, 0.1) is 5.92 Å². The largest absolute Gasteiger partial charge is 0.370 e. The van der Waals surface area contributed by atoms with Crippen LogP contribution in [0.25, 0.3) is 0 Å². The van der Waals surface area contributed by atoms with E-state index in [0.29, 0.717) is 17.1 Å². The zero-order valence-corrected chi connectivity index (χ0v) is 10.4. The van der Waals surface area contributed by atoms with Crippen molar-refractivity contribution in [2.75, 3.05) is 5.75 Å². The monoisotopic (exact) mass is 252 g/mol. The molecule has 1 saturated carbocycles. The topological polar surface area (TPSA) is 46.7 Å². The highest BCUT2D eigenvalue weighted by Crippen LogP contribution is 2.40. The van der Waals surface area contributed by atoms with Crippen molar-refractivity contribution in [1.82, 2.24) is 0 Å². The van der Waals surface area contributed by atoms with Gasteiger partial charge in [-0.2, -0.15) is 0 Å². The third-order valence-corrected chi connectivity index (χ3v) is 5.57. The van der Waals surface area contributed by atoms with E-state index < -0.39 is 9.84 Å². The second-order valence-electron chi connectivity index (χ2n) is 4.99. The quantitative estimate of drug-likeness (QED) is 0.773. The van der Waals surface area contributed by atoms with Crippen molar-refractivity contribution >= 4 is 9.84 Å². The molecule has 0 amide bonds. The minimum atomic E-state index is -3.12. The summed E-state index contributed by atoms with van der Waals surface area (Å²) in [6.45, 7) is 0. The molecule has 2 unspecified atom stereocenters. The van der Waals surface area contributed by atoms with E-state index in [1.54, 1.807) is 24.3 Å². The Morgan fingerprint density at radius 1 is 1.12 bits per heavy atom. The van der Waals surface area contributed by atoms with E-state index in [2.05, 4.69) is 0 Å². The van der Waals surface area contributed by atoms with Gasteiger partial charge in [-0.15, -0.1) is 0 Å². The molecule has 3 rings (SSSR count). The Hall–Kier alpha value is -0.870. The first-order valence-corrected chi connectivity index (χ1v) is 7.74. The lowest BCUT2D eigenvalue weighted by atomic mass is 9.91. The summed E-state index contributed by atoms with van der Waals surface area (Å²) < 4.78 is 29.8. The molecule has 3 nitrogen and oxygen atoms in total. The smallest absolute Gasteiger partial charge is 0.178 e. The van der Waals surface area contributed by atoms with Crippen LogP contribution in [-0.4, -0.2) is 26.4 Å². The third-order valence-electron chi connectivity index (χ3n) is 3.67. The summed E-state index contributed by atoms with van der Waals surface area (Å²) in [5.41, 5.74) is 0. The number of sulfone groups is 1. The standard InChI is InChI=1S/C13H16O3S/c14-17(15,11-4-2-1-3-5-11)9-10-6-7-12-13(8-10)16-12/h1-5,10,12-13H,6-9H2/t10-,12?,13?/m0/s1. The van der Waals surface area contributed by atoms with E-state index in [1.165, 1.54) is 0 Å². The van der Waals surface area contributed by atoms with Gasteiger partial charge in [-0.25, -0.2) is 8.42 Å². The van der Waals surface area contributed by atoms with Gasteiger partial charge in [0, 0.05) is 0 Å². The molecule has 1 aliphatic carbocycles. The van der Waals surface area contributed by atoms with Crippen LogP contribution in [0.5, 0.6) is 0 Å². The average molecular weight is 252 g/mol. The fourth-order valence-electron chi connectivity index (χ4n) is 2.67. The Morgan fingerprint density at radius 3 is 2.59 bits per heavy atom. The first kappa shape index (κ1) is 11.2. The minimum Gasteiger partial charge on any atom is -0.370 e. The molecule has 3 atom stereocenters. The van der Waals surface area contributed by atoms with Crippen molar-refractivity contribution in [3.8, 4) is 0 Å². The van der Waals surface area contributed by atoms with E-state index in [1.807, 2.05) is 6.07 Å². The zero-order valence-electron chi connectivity index (χ0n) is 9.58. The first-order valence-electron chi connectivity index (χ1n) is 6.08. The molecule has 0 spiro atoms. The lowest BCUT2D eigenvalue weighted by Gasteiger charge is -2.18. The minimum absolute atomic E-state index is 0.267. The molecule has 1 heterocycles. The number of hydrogen-bond acceptors (Lipinski definition) is 3. The number of ether oxygens (including phenoxy) is 1. The highest BCUT2D eigenvalue weighted by Gasteiger charge is 2.44. The van der Waals surface area contributed by atoms with Crippen molar-refractivity contribution in [3.63, 3.8) is 0 Å². The summed E-state index contributed by atoms with van der Waals surface area (Å²) in [4.78, 5) is 0.443. The van der Waals surface area contributed by atoms with E-state index in [4.69, 9.17) is 4.74 Å². The number of rotatable bonds is 3. The number of benzene rings is 1. The number of epoxide rings is 1. The van der Waals surface area contributed by atoms with Crippen LogP contribution in [0.3, 0.4) is 0 Å². The molecule has 4 heteroatoms. The lowest BCUT2D eigenvalue weighted by Crippen LogP contribution is -2.22. The fraction of sp³-hybridized carbons (Fsp3) is 0.538. The van der Waals surface area contributed by atoms with Gasteiger partial charge in [-0.1, -0.05) is 18.2 Å². The van der Waals surface area contributed by atoms with E-state index in [9.17, 15) is 8.42 Å². The highest BCUT2D eigenvalue weighted by atomic mass is 32.2. The Bertz CT molecular complexity index is 495. The van der Waals surface area contributed by atoms with Crippen LogP contribution >= 0.6 is 0 Å². The van der Waals surface area contributed by atoms with Gasteiger partial charge in [0.25, 0.3) is 0 Å². The van der Waals surface area contributed by atoms with Gasteiger partial charge in [-0.05, 0) is 37.3 Å². The molecule has 1 aromatic carbocycles. The van der Waals surface area contributed by atoms with Crippen LogP contribution in [0.15, 0.2) is 35.2 Å². The van der Waals surface area contributed by atoms with Crippen molar-refractivity contribution in [2.24, 2.45) is 5.92 Å². The van der Waals surface area contributed by atoms with Gasteiger partial charge in [0.05, 0.1) is 22.9 Å². The van der Waals surface area contributed by atoms with Gasteiger partial charge in [0.2, 0.25) is 0 Å². The Morgan fingerprint density at radius 2 is 1.88 bits per heavy atom. The molecule has 1 aromatic rings. The van der Waals surface area contributed by atoms with Crippen molar-refractivity contribution in [1.29, 1.82) is 0 Å². The van der Waals surface area contributed by atoms with Crippen LogP contribution in [0.1, 0.15) is 19.3 Å². The number of hydrogen-bond donors (Lipinski definition) is 0. The molecule has 2 fully saturated rings. The second kappa shape index (κ2) is 4.10. The fourth-order valence-corrected chi connectivity index (χ4v) is 4.36. The molecular weight excluding hydrogens is 236 g/mol. The van der Waals surface area contributed by atoms with Crippen molar-refractivity contribution in [3.05, 3.63) is 30.3 Å². The molecule has 0 N–H and O–H groups in total. The summed E-state index contributed by atoms with van der Waals surface area (Å²) in [6, 6.07) is 8.73. The van der Waals surface area contributed by atoms with E-state index in [-0.39, 0.29) is 11.7 Å². The Balaban J connectivity index is 1.71. The zero-order chi connectivity index (χ0) is 11.9. The summed E-state index contributed by atoms with van der Waals surface area (Å²) >= 11 is 0. The summed E-state index contributed by atoms with van der Waals surface area (Å²) in [5, 5.41) is 0. The van der Waals surface area contributed by atoms with Gasteiger partial charge >= 0.3 is 0 Å². The molecular formula is C13H16O3S. The van der Waals surface area contributed by atoms with Gasteiger partial charge in [0.15, 0.2) is 9.84 Å². The highest BCUT2D eigenvalue weighted by molar-refractivity contribution is 7.91. The van der Waals surface area contributed by atoms with Crippen LogP contribution in [0.2, 0.25) is 0 Å². The van der Waals surface area contributed by atoms with Crippen LogP contribution in [0.4, 0.5) is 0 Å². The molecule has 0 radical (unpaired) electrons. The predicted octanol–water partition coefficient (Wildman–Crippen LogP) is 2.03. The number of fused-ring (bicyclic) bond motifs is 1. The predicted molar refractivity (Wildman–Crippen MR) is 64.5 cm³/mol. The van der Waals surface area contributed by atoms with Crippen molar-refractivity contribution < 1.29 is 13.2 Å². The molecule has 92 valence electrons. The molecule has 17 heavy (non-hydrogen) atoms. The van der Waals surface area contributed by atoms with Crippen molar-refractivity contribution in [2.45, 2.75) is 36.4 Å². The maximum atomic E-state index is 12.2. The van der Waals surface area contributed by atoms with Gasteiger partial charge in [0.1, 0.15) is 0 Å². The van der Waals surface area contributed by atoms with E-state index in [0.717, 1.165) is 19.3 Å². The second-order valence-corrected chi connectivity index (χ2v) is 7.02. The maximum absolute atomic E-state index is 12.2. The van der Waals surface area contributed by atoms with E-state index >= 15 is 0 Å². The molecule has 2 aliphatic rings. The molecule has 1 aliphatic heterocycles. The van der Waals surface area contributed by atoms with Gasteiger partial charge < -0.3 is 4.74 Å². The first-order chi connectivity index (χ1) is 8.15. The SMILES string of the molecule is O=S(=O)(C[C@H]1CCC2OC2C1)c1ccccc1. The Kier molecular flexibility index (Phi) is 2.71. The molecule has 1 saturated heterocycles. The third kappa shape index (κ3) is 2.38. The van der Waals surface area contributed by atoms with Gasteiger partial charge in [-0.3, -0.25) is 0 Å². The molecule has 0 bridgehead atoms. The summed E-state index contributed by atoms with van der Waals surface area (Å²) in [5.74, 6) is 0.535. The van der Waals surface area contributed by atoms with Crippen LogP contribution in [-0.2, 0) is 14.6 Å². The van der Waals surface area contributed by atoms with Crippen LogP contribution < -0.4 is 0 Å². The summed E-state index contributed by atoms with van der Waals surface area (Å²) in [6.07, 6.45) is 3.70. The normalized spacial score (nSPS) is 31.9. The lowest BCUT2D eigenvalue weighted by molar-refractivity contribution is 0.367. The molecule has 0 aromatic heterocycles. The average Bonchev–Trinajstić information content (AvgIpc) is 3.08.